The van der Waals surface area contributed by atoms with Crippen molar-refractivity contribution in [3.63, 3.8) is 0 Å². The maximum absolute atomic E-state index is 12.4. The van der Waals surface area contributed by atoms with Gasteiger partial charge in [-0.3, -0.25) is 4.79 Å². The third-order valence-electron chi connectivity index (χ3n) is 4.02. The summed E-state index contributed by atoms with van der Waals surface area (Å²) < 4.78 is 32.1. The van der Waals surface area contributed by atoms with Gasteiger partial charge in [-0.25, -0.2) is 13.1 Å². The number of benzene rings is 1. The monoisotopic (exact) mass is 348 g/mol. The van der Waals surface area contributed by atoms with E-state index in [1.54, 1.807) is 24.3 Å². The number of carbonyl (C=O) groups is 1. The van der Waals surface area contributed by atoms with Crippen molar-refractivity contribution >= 4 is 15.9 Å². The molecule has 0 aliphatic heterocycles. The molecule has 1 aromatic carbocycles. The Morgan fingerprint density at radius 1 is 1.25 bits per heavy atom. The number of sulfonamides is 1. The predicted molar refractivity (Wildman–Crippen MR) is 88.9 cm³/mol. The van der Waals surface area contributed by atoms with Gasteiger partial charge in [0.1, 0.15) is 5.76 Å². The molecule has 0 radical (unpaired) electrons. The van der Waals surface area contributed by atoms with Gasteiger partial charge in [0, 0.05) is 18.2 Å². The Bertz CT molecular complexity index is 794. The Morgan fingerprint density at radius 3 is 2.50 bits per heavy atom. The first kappa shape index (κ1) is 16.7. The topological polar surface area (TPSA) is 79.6 Å². The summed E-state index contributed by atoms with van der Waals surface area (Å²) >= 11 is 0. The smallest absolute Gasteiger partial charge is 0.254 e. The minimum absolute atomic E-state index is 0.0486. The molecule has 1 heterocycles. The fourth-order valence-corrected chi connectivity index (χ4v) is 3.55. The first-order chi connectivity index (χ1) is 11.5. The number of nitrogens with one attached hydrogen (secondary N) is 1. The fraction of sp³-hybridized carbons (Fsp3) is 0.353. The van der Waals surface area contributed by atoms with Gasteiger partial charge in [-0.05, 0) is 56.2 Å². The molecule has 1 N–H and O–H groups in total. The van der Waals surface area contributed by atoms with Crippen LogP contribution in [-0.4, -0.2) is 31.8 Å². The van der Waals surface area contributed by atoms with E-state index in [2.05, 4.69) is 4.72 Å². The van der Waals surface area contributed by atoms with Gasteiger partial charge < -0.3 is 9.32 Å². The average Bonchev–Trinajstić information content (AvgIpc) is 3.28. The van der Waals surface area contributed by atoms with Gasteiger partial charge in [0.25, 0.3) is 5.91 Å². The number of furan rings is 1. The normalized spacial score (nSPS) is 14.5. The van der Waals surface area contributed by atoms with E-state index in [0.717, 1.165) is 12.8 Å². The molecular weight excluding hydrogens is 328 g/mol. The molecule has 1 aromatic heterocycles. The van der Waals surface area contributed by atoms with Crippen LogP contribution in [0.1, 0.15) is 35.9 Å². The van der Waals surface area contributed by atoms with Gasteiger partial charge in [0.2, 0.25) is 10.0 Å². The standard InChI is InChI=1S/C17H20N2O4S/c1-2-19(14-7-8-14)17(20)13-5-9-16(10-6-13)24(21,22)18-12-15-4-3-11-23-15/h3-6,9-11,14,18H,2,7-8,12H2,1H3. The van der Waals surface area contributed by atoms with E-state index in [1.165, 1.54) is 18.4 Å². The first-order valence-corrected chi connectivity index (χ1v) is 9.42. The summed E-state index contributed by atoms with van der Waals surface area (Å²) in [7, 11) is -3.64. The second-order valence-corrected chi connectivity index (χ2v) is 7.52. The van der Waals surface area contributed by atoms with Crippen molar-refractivity contribution in [2.75, 3.05) is 6.54 Å². The van der Waals surface area contributed by atoms with Crippen LogP contribution >= 0.6 is 0 Å². The number of hydrogen-bond acceptors (Lipinski definition) is 4. The van der Waals surface area contributed by atoms with Crippen LogP contribution in [0, 0.1) is 0 Å². The van der Waals surface area contributed by atoms with Crippen LogP contribution in [0.2, 0.25) is 0 Å². The quantitative estimate of drug-likeness (QED) is 0.833. The van der Waals surface area contributed by atoms with Crippen LogP contribution in [-0.2, 0) is 16.6 Å². The lowest BCUT2D eigenvalue weighted by Crippen LogP contribution is -2.32. The molecule has 3 rings (SSSR count). The predicted octanol–water partition coefficient (Wildman–Crippen LogP) is 2.38. The van der Waals surface area contributed by atoms with Crippen LogP contribution in [0.5, 0.6) is 0 Å². The summed E-state index contributed by atoms with van der Waals surface area (Å²) in [6.07, 6.45) is 3.58. The first-order valence-electron chi connectivity index (χ1n) is 7.94. The zero-order valence-electron chi connectivity index (χ0n) is 13.4. The fourth-order valence-electron chi connectivity index (χ4n) is 2.56. The van der Waals surface area contributed by atoms with Gasteiger partial charge in [0.15, 0.2) is 0 Å². The molecule has 0 spiro atoms. The molecule has 1 saturated carbocycles. The van der Waals surface area contributed by atoms with Crippen LogP contribution < -0.4 is 4.72 Å². The van der Waals surface area contributed by atoms with Crippen molar-refractivity contribution in [2.45, 2.75) is 37.2 Å². The highest BCUT2D eigenvalue weighted by Gasteiger charge is 2.31. The minimum Gasteiger partial charge on any atom is -0.468 e. The van der Waals surface area contributed by atoms with E-state index in [4.69, 9.17) is 4.42 Å². The van der Waals surface area contributed by atoms with Crippen molar-refractivity contribution in [1.82, 2.24) is 9.62 Å². The highest BCUT2D eigenvalue weighted by Crippen LogP contribution is 2.28. The number of rotatable bonds is 7. The molecule has 128 valence electrons. The summed E-state index contributed by atoms with van der Waals surface area (Å²) in [5, 5.41) is 0. The minimum atomic E-state index is -3.64. The van der Waals surface area contributed by atoms with Crippen LogP contribution in [0.4, 0.5) is 0 Å². The Balaban J connectivity index is 1.70. The number of amides is 1. The van der Waals surface area contributed by atoms with E-state index >= 15 is 0 Å². The molecule has 1 fully saturated rings. The maximum Gasteiger partial charge on any atom is 0.254 e. The number of hydrogen-bond donors (Lipinski definition) is 1. The molecule has 1 amide bonds. The molecule has 0 unspecified atom stereocenters. The second-order valence-electron chi connectivity index (χ2n) is 5.75. The second kappa shape index (κ2) is 6.78. The molecule has 0 atom stereocenters. The Kier molecular flexibility index (Phi) is 4.73. The maximum atomic E-state index is 12.4. The van der Waals surface area contributed by atoms with Crippen molar-refractivity contribution in [1.29, 1.82) is 0 Å². The SMILES string of the molecule is CCN(C(=O)c1ccc(S(=O)(=O)NCc2ccco2)cc1)C1CC1. The summed E-state index contributed by atoms with van der Waals surface area (Å²) in [6, 6.07) is 9.77. The molecule has 0 saturated heterocycles. The molecule has 24 heavy (non-hydrogen) atoms. The van der Waals surface area contributed by atoms with E-state index < -0.39 is 10.0 Å². The molecule has 0 bridgehead atoms. The third kappa shape index (κ3) is 3.68. The lowest BCUT2D eigenvalue weighted by molar-refractivity contribution is 0.0752. The van der Waals surface area contributed by atoms with E-state index in [1.807, 2.05) is 11.8 Å². The summed E-state index contributed by atoms with van der Waals surface area (Å²) in [5.41, 5.74) is 0.508. The average molecular weight is 348 g/mol. The van der Waals surface area contributed by atoms with Gasteiger partial charge >= 0.3 is 0 Å². The van der Waals surface area contributed by atoms with Gasteiger partial charge in [-0.15, -0.1) is 0 Å². The number of carbonyl (C=O) groups excluding carboxylic acids is 1. The van der Waals surface area contributed by atoms with Crippen molar-refractivity contribution in [3.8, 4) is 0 Å². The van der Waals surface area contributed by atoms with E-state index in [0.29, 0.717) is 23.9 Å². The van der Waals surface area contributed by atoms with Gasteiger partial charge in [-0.1, -0.05) is 0 Å². The van der Waals surface area contributed by atoms with Crippen molar-refractivity contribution < 1.29 is 17.6 Å². The summed E-state index contributed by atoms with van der Waals surface area (Å²) in [6.45, 7) is 2.70. The van der Waals surface area contributed by atoms with Gasteiger partial charge in [0.05, 0.1) is 17.7 Å². The van der Waals surface area contributed by atoms with Crippen LogP contribution in [0.15, 0.2) is 52.0 Å². The Hall–Kier alpha value is -2.12. The van der Waals surface area contributed by atoms with Gasteiger partial charge in [-0.2, -0.15) is 0 Å². The molecule has 2 aromatic rings. The molecule has 1 aliphatic carbocycles. The molecular formula is C17H20N2O4S. The van der Waals surface area contributed by atoms with E-state index in [9.17, 15) is 13.2 Å². The van der Waals surface area contributed by atoms with Crippen LogP contribution in [0.3, 0.4) is 0 Å². The van der Waals surface area contributed by atoms with Crippen molar-refractivity contribution in [2.24, 2.45) is 0 Å². The highest BCUT2D eigenvalue weighted by molar-refractivity contribution is 7.89. The third-order valence-corrected chi connectivity index (χ3v) is 5.43. The lowest BCUT2D eigenvalue weighted by Gasteiger charge is -2.20. The van der Waals surface area contributed by atoms with Crippen molar-refractivity contribution in [3.05, 3.63) is 54.0 Å². The zero-order chi connectivity index (χ0) is 17.2. The molecule has 7 heteroatoms. The lowest BCUT2D eigenvalue weighted by atomic mass is 10.2. The van der Waals surface area contributed by atoms with E-state index in [-0.39, 0.29) is 17.3 Å². The Labute approximate surface area is 141 Å². The summed E-state index contributed by atoms with van der Waals surface area (Å²) in [5.74, 6) is 0.487. The Morgan fingerprint density at radius 2 is 1.96 bits per heavy atom. The highest BCUT2D eigenvalue weighted by atomic mass is 32.2. The van der Waals surface area contributed by atoms with Crippen LogP contribution in [0.25, 0.3) is 0 Å². The zero-order valence-corrected chi connectivity index (χ0v) is 14.3. The number of nitrogens with zero attached hydrogens (tertiary/aromatic N) is 1. The molecule has 1 aliphatic rings. The largest absolute Gasteiger partial charge is 0.468 e. The molecule has 6 nitrogen and oxygen atoms in total. The summed E-state index contributed by atoms with van der Waals surface area (Å²) in [4.78, 5) is 14.4.